The van der Waals surface area contributed by atoms with Crippen molar-refractivity contribution in [3.05, 3.63) is 52.1 Å². The lowest BCUT2D eigenvalue weighted by atomic mass is 10.2. The third-order valence-electron chi connectivity index (χ3n) is 2.71. The zero-order valence-corrected chi connectivity index (χ0v) is 16.3. The van der Waals surface area contributed by atoms with Gasteiger partial charge in [-0.2, -0.15) is 0 Å². The number of aliphatic imine (C=N–C) groups is 1. The van der Waals surface area contributed by atoms with Gasteiger partial charge in [-0.25, -0.2) is 9.98 Å². The molecular formula is C15H17Cl2IN4O. The Morgan fingerprint density at radius 2 is 2.00 bits per heavy atom. The van der Waals surface area contributed by atoms with E-state index in [1.165, 1.54) is 11.8 Å². The van der Waals surface area contributed by atoms with Crippen molar-refractivity contribution in [1.82, 2.24) is 4.98 Å². The van der Waals surface area contributed by atoms with Crippen LogP contribution in [-0.2, 0) is 0 Å². The maximum atomic E-state index is 5.95. The predicted octanol–water partition coefficient (Wildman–Crippen LogP) is 4.12. The molecule has 23 heavy (non-hydrogen) atoms. The summed E-state index contributed by atoms with van der Waals surface area (Å²) in [5, 5.41) is 3.82. The minimum absolute atomic E-state index is 0. The first-order valence-corrected chi connectivity index (χ1v) is 7.37. The molecule has 0 aliphatic heterocycles. The van der Waals surface area contributed by atoms with Crippen LogP contribution in [0.5, 0.6) is 5.88 Å². The number of hydrogen-bond donors (Lipinski definition) is 2. The second-order valence-corrected chi connectivity index (χ2v) is 5.39. The Morgan fingerprint density at radius 3 is 2.65 bits per heavy atom. The Hall–Kier alpha value is -1.25. The monoisotopic (exact) mass is 466 g/mol. The fourth-order valence-electron chi connectivity index (χ4n) is 1.64. The summed E-state index contributed by atoms with van der Waals surface area (Å²) in [5.41, 5.74) is 7.86. The van der Waals surface area contributed by atoms with Crippen molar-refractivity contribution in [3.63, 3.8) is 0 Å². The number of anilines is 1. The van der Waals surface area contributed by atoms with Crippen molar-refractivity contribution in [3.8, 4) is 5.88 Å². The van der Waals surface area contributed by atoms with Crippen molar-refractivity contribution < 1.29 is 4.74 Å². The summed E-state index contributed by atoms with van der Waals surface area (Å²) < 4.78 is 5.42. The van der Waals surface area contributed by atoms with Crippen LogP contribution in [-0.4, -0.2) is 24.1 Å². The molecule has 1 aromatic heterocycles. The van der Waals surface area contributed by atoms with E-state index in [4.69, 9.17) is 33.7 Å². The molecule has 0 saturated heterocycles. The largest absolute Gasteiger partial charge is 0.475 e. The first kappa shape index (κ1) is 19.8. The standard InChI is InChI=1S/C15H16Cl2N4O.HI/c1-10-2-4-12(5-3-10)21-15(18)19-6-7-22-14-13(17)8-11(16)9-20-14;/h2-5,8-9H,6-7H2,1H3,(H3,18,19,21);1H. The Bertz CT molecular complexity index is 665. The molecule has 5 nitrogen and oxygen atoms in total. The van der Waals surface area contributed by atoms with Crippen LogP contribution in [0.2, 0.25) is 10.0 Å². The van der Waals surface area contributed by atoms with Crippen molar-refractivity contribution in [2.75, 3.05) is 18.5 Å². The highest BCUT2D eigenvalue weighted by Gasteiger charge is 2.03. The van der Waals surface area contributed by atoms with Gasteiger partial charge in [-0.15, -0.1) is 24.0 Å². The molecule has 2 aromatic rings. The summed E-state index contributed by atoms with van der Waals surface area (Å²) in [5.74, 6) is 0.647. The first-order chi connectivity index (χ1) is 10.5. The average Bonchev–Trinajstić information content (AvgIpc) is 2.48. The van der Waals surface area contributed by atoms with Crippen LogP contribution in [0.3, 0.4) is 0 Å². The zero-order valence-electron chi connectivity index (χ0n) is 12.4. The summed E-state index contributed by atoms with van der Waals surface area (Å²) in [6.07, 6.45) is 1.47. The summed E-state index contributed by atoms with van der Waals surface area (Å²) >= 11 is 11.7. The quantitative estimate of drug-likeness (QED) is 0.301. The van der Waals surface area contributed by atoms with Crippen molar-refractivity contribution in [2.45, 2.75) is 6.92 Å². The van der Waals surface area contributed by atoms with Crippen LogP contribution in [0.15, 0.2) is 41.5 Å². The van der Waals surface area contributed by atoms with E-state index in [1.807, 2.05) is 31.2 Å². The van der Waals surface area contributed by atoms with Crippen LogP contribution >= 0.6 is 47.2 Å². The Kier molecular flexibility index (Phi) is 8.43. The molecular weight excluding hydrogens is 450 g/mol. The van der Waals surface area contributed by atoms with Gasteiger partial charge in [0, 0.05) is 11.9 Å². The molecule has 0 amide bonds. The minimum Gasteiger partial charge on any atom is -0.475 e. The lowest BCUT2D eigenvalue weighted by Crippen LogP contribution is -2.23. The summed E-state index contributed by atoms with van der Waals surface area (Å²) in [6, 6.07) is 9.43. The number of nitrogens with one attached hydrogen (secondary N) is 1. The molecule has 1 heterocycles. The minimum atomic E-state index is 0. The number of aryl methyl sites for hydroxylation is 1. The number of nitrogens with zero attached hydrogens (tertiary/aromatic N) is 2. The van der Waals surface area contributed by atoms with E-state index in [9.17, 15) is 0 Å². The molecule has 3 N–H and O–H groups in total. The number of nitrogens with two attached hydrogens (primary N) is 1. The number of pyridine rings is 1. The molecule has 0 unspecified atom stereocenters. The van der Waals surface area contributed by atoms with Crippen molar-refractivity contribution in [1.29, 1.82) is 0 Å². The highest BCUT2D eigenvalue weighted by atomic mass is 127. The first-order valence-electron chi connectivity index (χ1n) is 6.62. The lowest BCUT2D eigenvalue weighted by Gasteiger charge is -2.07. The van der Waals surface area contributed by atoms with Gasteiger partial charge in [0.2, 0.25) is 5.88 Å². The van der Waals surface area contributed by atoms with E-state index >= 15 is 0 Å². The molecule has 0 aliphatic rings. The highest BCUT2D eigenvalue weighted by Crippen LogP contribution is 2.24. The number of rotatable bonds is 5. The third-order valence-corrected chi connectivity index (χ3v) is 3.19. The van der Waals surface area contributed by atoms with Gasteiger partial charge in [0.15, 0.2) is 5.96 Å². The second kappa shape index (κ2) is 9.79. The Labute approximate surface area is 162 Å². The molecule has 0 aliphatic carbocycles. The van der Waals surface area contributed by atoms with Crippen LogP contribution in [0.4, 0.5) is 5.69 Å². The van der Waals surface area contributed by atoms with Gasteiger partial charge in [0.05, 0.1) is 11.6 Å². The highest BCUT2D eigenvalue weighted by molar-refractivity contribution is 14.0. The summed E-state index contributed by atoms with van der Waals surface area (Å²) in [7, 11) is 0. The number of benzene rings is 1. The van der Waals surface area contributed by atoms with Crippen molar-refractivity contribution in [2.24, 2.45) is 10.7 Å². The van der Waals surface area contributed by atoms with Gasteiger partial charge in [0.1, 0.15) is 11.6 Å². The van der Waals surface area contributed by atoms with Gasteiger partial charge >= 0.3 is 0 Å². The smallest absolute Gasteiger partial charge is 0.232 e. The molecule has 0 atom stereocenters. The van der Waals surface area contributed by atoms with Crippen LogP contribution in [0.25, 0.3) is 0 Å². The second-order valence-electron chi connectivity index (χ2n) is 4.55. The molecule has 0 saturated carbocycles. The maximum absolute atomic E-state index is 5.95. The van der Waals surface area contributed by atoms with Gasteiger partial charge in [-0.05, 0) is 25.1 Å². The third kappa shape index (κ3) is 6.80. The van der Waals surface area contributed by atoms with Gasteiger partial charge in [-0.1, -0.05) is 40.9 Å². The van der Waals surface area contributed by atoms with E-state index in [1.54, 1.807) is 6.07 Å². The van der Waals surface area contributed by atoms with Gasteiger partial charge in [0.25, 0.3) is 0 Å². The molecule has 0 spiro atoms. The van der Waals surface area contributed by atoms with E-state index in [0.29, 0.717) is 35.0 Å². The molecule has 0 radical (unpaired) electrons. The molecule has 0 bridgehead atoms. The maximum Gasteiger partial charge on any atom is 0.232 e. The lowest BCUT2D eigenvalue weighted by molar-refractivity contribution is 0.316. The molecule has 8 heteroatoms. The van der Waals surface area contributed by atoms with Gasteiger partial charge in [-0.3, -0.25) is 0 Å². The number of guanidine groups is 1. The van der Waals surface area contributed by atoms with Gasteiger partial charge < -0.3 is 15.8 Å². The predicted molar refractivity (Wildman–Crippen MR) is 106 cm³/mol. The molecule has 2 rings (SSSR count). The number of aromatic nitrogens is 1. The van der Waals surface area contributed by atoms with Crippen LogP contribution < -0.4 is 15.8 Å². The van der Waals surface area contributed by atoms with Crippen molar-refractivity contribution >= 4 is 58.8 Å². The normalized spacial score (nSPS) is 10.8. The van der Waals surface area contributed by atoms with E-state index < -0.39 is 0 Å². The Balaban J connectivity index is 0.00000264. The molecule has 0 fully saturated rings. The van der Waals surface area contributed by atoms with E-state index in [0.717, 1.165) is 5.69 Å². The fourth-order valence-corrected chi connectivity index (χ4v) is 2.08. The molecule has 1 aromatic carbocycles. The SMILES string of the molecule is Cc1ccc(NC(N)=NCCOc2ncc(Cl)cc2Cl)cc1.I. The van der Waals surface area contributed by atoms with E-state index in [-0.39, 0.29) is 24.0 Å². The summed E-state index contributed by atoms with van der Waals surface area (Å²) in [6.45, 7) is 2.71. The molecule has 124 valence electrons. The zero-order chi connectivity index (χ0) is 15.9. The van der Waals surface area contributed by atoms with Crippen LogP contribution in [0, 0.1) is 6.92 Å². The number of hydrogen-bond acceptors (Lipinski definition) is 3. The number of halogens is 3. The number of ether oxygens (including phenoxy) is 1. The van der Waals surface area contributed by atoms with Crippen LogP contribution in [0.1, 0.15) is 5.56 Å². The van der Waals surface area contributed by atoms with E-state index in [2.05, 4.69) is 15.3 Å². The fraction of sp³-hybridized carbons (Fsp3) is 0.200. The summed E-state index contributed by atoms with van der Waals surface area (Å²) in [4.78, 5) is 8.15. The average molecular weight is 467 g/mol. The topological polar surface area (TPSA) is 72.5 Å². The Morgan fingerprint density at radius 1 is 1.30 bits per heavy atom.